The summed E-state index contributed by atoms with van der Waals surface area (Å²) in [6, 6.07) is 14.2. The Morgan fingerprint density at radius 3 is 2.65 bits per heavy atom. The second-order valence-electron chi connectivity index (χ2n) is 4.64. The minimum absolute atomic E-state index is 0.117. The second kappa shape index (κ2) is 7.27. The van der Waals surface area contributed by atoms with Crippen LogP contribution in [0.2, 0.25) is 0 Å². The first-order chi connectivity index (χ1) is 9.72. The number of rotatable bonds is 6. The van der Waals surface area contributed by atoms with Gasteiger partial charge in [0.25, 0.3) is 0 Å². The Labute approximate surface area is 124 Å². The number of benzene rings is 1. The largest absolute Gasteiger partial charge is 0.497 e. The van der Waals surface area contributed by atoms with Gasteiger partial charge in [-0.05, 0) is 12.5 Å². The van der Waals surface area contributed by atoms with E-state index in [9.17, 15) is 0 Å². The van der Waals surface area contributed by atoms with Crippen LogP contribution in [-0.2, 0) is 6.54 Å². The van der Waals surface area contributed by atoms with E-state index in [2.05, 4.69) is 22.4 Å². The fraction of sp³-hybridized carbons (Fsp3) is 0.312. The maximum atomic E-state index is 6.05. The van der Waals surface area contributed by atoms with Gasteiger partial charge < -0.3 is 10.1 Å². The van der Waals surface area contributed by atoms with Gasteiger partial charge in [0.15, 0.2) is 0 Å². The number of aryl methyl sites for hydroxylation is 1. The Bertz CT molecular complexity index is 545. The van der Waals surface area contributed by atoms with E-state index in [1.807, 2.05) is 37.3 Å². The highest BCUT2D eigenvalue weighted by atomic mass is 35.5. The van der Waals surface area contributed by atoms with Crippen LogP contribution >= 0.6 is 11.6 Å². The predicted octanol–water partition coefficient (Wildman–Crippen LogP) is 3.47. The number of aromatic nitrogens is 1. The molecule has 0 aliphatic carbocycles. The Kier molecular flexibility index (Phi) is 5.39. The maximum absolute atomic E-state index is 6.05. The summed E-state index contributed by atoms with van der Waals surface area (Å²) in [5, 5.41) is 3.43. The molecule has 2 rings (SSSR count). The van der Waals surface area contributed by atoms with Crippen LogP contribution in [-0.4, -0.2) is 18.0 Å². The number of methoxy groups -OCH3 is 1. The van der Waals surface area contributed by atoms with Crippen LogP contribution in [0.15, 0.2) is 42.5 Å². The predicted molar refractivity (Wildman–Crippen MR) is 82.3 cm³/mol. The topological polar surface area (TPSA) is 34.1 Å². The van der Waals surface area contributed by atoms with Gasteiger partial charge in [-0.25, -0.2) is 0 Å². The molecule has 106 valence electrons. The van der Waals surface area contributed by atoms with Gasteiger partial charge in [-0.1, -0.05) is 30.3 Å². The Morgan fingerprint density at radius 2 is 2.00 bits per heavy atom. The molecule has 3 nitrogen and oxygen atoms in total. The second-order valence-corrected chi connectivity index (χ2v) is 4.95. The average Bonchev–Trinajstić information content (AvgIpc) is 2.48. The number of hydrogen-bond donors (Lipinski definition) is 1. The summed E-state index contributed by atoms with van der Waals surface area (Å²) in [7, 11) is 1.66. The molecular weight excluding hydrogens is 272 g/mol. The summed E-state index contributed by atoms with van der Waals surface area (Å²) in [5.41, 5.74) is 3.08. The van der Waals surface area contributed by atoms with E-state index in [0.717, 1.165) is 17.1 Å². The highest BCUT2D eigenvalue weighted by Gasteiger charge is 2.10. The SMILES string of the molecule is COc1cc(C)nc(CNC(CCl)c2ccccc2)c1. The number of pyridine rings is 1. The molecule has 0 aliphatic heterocycles. The van der Waals surface area contributed by atoms with Gasteiger partial charge in [0.2, 0.25) is 0 Å². The molecule has 4 heteroatoms. The third-order valence-electron chi connectivity index (χ3n) is 3.10. The molecule has 1 aromatic carbocycles. The van der Waals surface area contributed by atoms with Crippen LogP contribution in [0.1, 0.15) is 23.0 Å². The molecule has 0 radical (unpaired) electrons. The summed E-state index contributed by atoms with van der Waals surface area (Å²) in [6.45, 7) is 2.62. The lowest BCUT2D eigenvalue weighted by Crippen LogP contribution is -2.22. The molecule has 20 heavy (non-hydrogen) atoms. The first kappa shape index (κ1) is 14.8. The molecule has 1 aromatic heterocycles. The number of nitrogens with zero attached hydrogens (tertiary/aromatic N) is 1. The van der Waals surface area contributed by atoms with Crippen LogP contribution in [0.3, 0.4) is 0 Å². The molecule has 1 N–H and O–H groups in total. The number of ether oxygens (including phenoxy) is 1. The van der Waals surface area contributed by atoms with Crippen LogP contribution in [0, 0.1) is 6.92 Å². The van der Waals surface area contributed by atoms with Gasteiger partial charge in [0.05, 0.1) is 12.8 Å². The number of nitrogens with one attached hydrogen (secondary N) is 1. The van der Waals surface area contributed by atoms with E-state index in [1.165, 1.54) is 5.56 Å². The van der Waals surface area contributed by atoms with Crippen LogP contribution in [0.5, 0.6) is 5.75 Å². The lowest BCUT2D eigenvalue weighted by molar-refractivity contribution is 0.412. The van der Waals surface area contributed by atoms with E-state index >= 15 is 0 Å². The fourth-order valence-corrected chi connectivity index (χ4v) is 2.37. The Balaban J connectivity index is 2.05. The van der Waals surface area contributed by atoms with Gasteiger partial charge in [-0.2, -0.15) is 0 Å². The maximum Gasteiger partial charge on any atom is 0.122 e. The summed E-state index contributed by atoms with van der Waals surface area (Å²) >= 11 is 6.05. The van der Waals surface area contributed by atoms with Crippen molar-refractivity contribution in [3.8, 4) is 5.75 Å². The smallest absolute Gasteiger partial charge is 0.122 e. The lowest BCUT2D eigenvalue weighted by Gasteiger charge is -2.16. The number of hydrogen-bond acceptors (Lipinski definition) is 3. The monoisotopic (exact) mass is 290 g/mol. The van der Waals surface area contributed by atoms with Crippen molar-refractivity contribution < 1.29 is 4.74 Å². The van der Waals surface area contributed by atoms with Crippen molar-refractivity contribution in [2.24, 2.45) is 0 Å². The third kappa shape index (κ3) is 3.95. The highest BCUT2D eigenvalue weighted by Crippen LogP contribution is 2.17. The quantitative estimate of drug-likeness (QED) is 0.827. The molecule has 0 aliphatic rings. The number of halogens is 1. The van der Waals surface area contributed by atoms with Crippen molar-refractivity contribution in [2.45, 2.75) is 19.5 Å². The van der Waals surface area contributed by atoms with Gasteiger partial charge in [0, 0.05) is 36.3 Å². The van der Waals surface area contributed by atoms with E-state index in [-0.39, 0.29) is 6.04 Å². The molecule has 0 saturated carbocycles. The highest BCUT2D eigenvalue weighted by molar-refractivity contribution is 6.18. The fourth-order valence-electron chi connectivity index (χ4n) is 2.09. The first-order valence-corrected chi connectivity index (χ1v) is 7.12. The minimum atomic E-state index is 0.117. The van der Waals surface area contributed by atoms with Gasteiger partial charge in [-0.15, -0.1) is 11.6 Å². The van der Waals surface area contributed by atoms with Crippen molar-refractivity contribution in [1.82, 2.24) is 10.3 Å². The van der Waals surface area contributed by atoms with Crippen molar-refractivity contribution in [2.75, 3.05) is 13.0 Å². The zero-order valence-corrected chi connectivity index (χ0v) is 12.5. The van der Waals surface area contributed by atoms with Crippen LogP contribution in [0.25, 0.3) is 0 Å². The molecule has 0 saturated heterocycles. The first-order valence-electron chi connectivity index (χ1n) is 6.58. The lowest BCUT2D eigenvalue weighted by atomic mass is 10.1. The normalized spacial score (nSPS) is 12.2. The molecule has 2 aromatic rings. The van der Waals surface area contributed by atoms with E-state index < -0.39 is 0 Å². The zero-order chi connectivity index (χ0) is 14.4. The molecule has 0 bridgehead atoms. The molecule has 1 heterocycles. The van der Waals surface area contributed by atoms with E-state index in [4.69, 9.17) is 16.3 Å². The van der Waals surface area contributed by atoms with Crippen LogP contribution < -0.4 is 10.1 Å². The van der Waals surface area contributed by atoms with Gasteiger partial charge in [-0.3, -0.25) is 4.98 Å². The van der Waals surface area contributed by atoms with Crippen molar-refractivity contribution >= 4 is 11.6 Å². The van der Waals surface area contributed by atoms with E-state index in [1.54, 1.807) is 7.11 Å². The molecule has 1 atom stereocenters. The van der Waals surface area contributed by atoms with Crippen molar-refractivity contribution in [1.29, 1.82) is 0 Å². The average molecular weight is 291 g/mol. The molecule has 0 fully saturated rings. The molecule has 0 spiro atoms. The van der Waals surface area contributed by atoms with Gasteiger partial charge >= 0.3 is 0 Å². The standard InChI is InChI=1S/C16H19ClN2O/c1-12-8-15(20-2)9-14(19-12)11-18-16(10-17)13-6-4-3-5-7-13/h3-9,16,18H,10-11H2,1-2H3. The van der Waals surface area contributed by atoms with Crippen molar-refractivity contribution in [3.05, 3.63) is 59.4 Å². The van der Waals surface area contributed by atoms with Crippen LogP contribution in [0.4, 0.5) is 0 Å². The zero-order valence-electron chi connectivity index (χ0n) is 11.8. The Morgan fingerprint density at radius 1 is 1.25 bits per heavy atom. The Hall–Kier alpha value is -1.58. The third-order valence-corrected chi connectivity index (χ3v) is 3.41. The summed E-state index contributed by atoms with van der Waals surface area (Å²) in [5.74, 6) is 1.35. The van der Waals surface area contributed by atoms with Crippen molar-refractivity contribution in [3.63, 3.8) is 0 Å². The molecular formula is C16H19ClN2O. The summed E-state index contributed by atoms with van der Waals surface area (Å²) < 4.78 is 5.26. The molecule has 0 amide bonds. The molecule has 1 unspecified atom stereocenters. The minimum Gasteiger partial charge on any atom is -0.497 e. The summed E-state index contributed by atoms with van der Waals surface area (Å²) in [4.78, 5) is 4.50. The van der Waals surface area contributed by atoms with E-state index in [0.29, 0.717) is 12.4 Å². The van der Waals surface area contributed by atoms with Gasteiger partial charge in [0.1, 0.15) is 5.75 Å². The number of alkyl halides is 1. The summed E-state index contributed by atoms with van der Waals surface area (Å²) in [6.07, 6.45) is 0.